The minimum Gasteiger partial charge on any atom is -0.327 e. The number of hydrogen-bond donors (Lipinski definition) is 1. The highest BCUT2D eigenvalue weighted by Crippen LogP contribution is 2.00. The van der Waals surface area contributed by atoms with Crippen molar-refractivity contribution in [3.05, 3.63) is 42.8 Å². The van der Waals surface area contributed by atoms with Crippen LogP contribution >= 0.6 is 0 Å². The van der Waals surface area contributed by atoms with Gasteiger partial charge in [0.05, 0.1) is 0 Å². The van der Waals surface area contributed by atoms with Crippen LogP contribution in [-0.2, 0) is 6.42 Å². The molecule has 0 aliphatic heterocycles. The molecule has 53 valence electrons. The lowest BCUT2D eigenvalue weighted by molar-refractivity contribution is 0.807. The number of benzene rings is 1. The first kappa shape index (κ1) is 7.29. The second-order valence-corrected chi connectivity index (χ2v) is 2.45. The lowest BCUT2D eigenvalue weighted by atomic mass is 10.1. The summed E-state index contributed by atoms with van der Waals surface area (Å²) in [6.45, 7) is 3.71. The lowest BCUT2D eigenvalue weighted by Gasteiger charge is -2.02. The van der Waals surface area contributed by atoms with Crippen LogP contribution in [-0.4, -0.2) is 6.04 Å². The van der Waals surface area contributed by atoms with Gasteiger partial charge in [0.1, 0.15) is 0 Å². The monoisotopic (exact) mass is 134 g/mol. The minimum atomic E-state index is 0.0161. The quantitative estimate of drug-likeness (QED) is 0.650. The van der Waals surface area contributed by atoms with Crippen LogP contribution in [0.2, 0.25) is 0 Å². The molecule has 0 aromatic heterocycles. The third kappa shape index (κ3) is 2.19. The fourth-order valence-corrected chi connectivity index (χ4v) is 0.917. The van der Waals surface area contributed by atoms with Gasteiger partial charge in [-0.05, 0) is 18.9 Å². The Bertz CT molecular complexity index is 179. The Labute approximate surface area is 61.9 Å². The molecule has 1 atom stereocenters. The molecular weight excluding hydrogens is 122 g/mol. The summed E-state index contributed by atoms with van der Waals surface area (Å²) >= 11 is 0. The molecule has 1 nitrogen and oxygen atoms in total. The standard InChI is InChI=1S/C9H12N/c1-8(10)7-9-5-3-2-4-6-9/h2-6,8H,1,7,10H2/t8-/m1/s1. The maximum atomic E-state index is 5.51. The van der Waals surface area contributed by atoms with E-state index in [9.17, 15) is 0 Å². The Kier molecular flexibility index (Phi) is 2.46. The zero-order valence-corrected chi connectivity index (χ0v) is 5.96. The molecule has 1 aromatic rings. The van der Waals surface area contributed by atoms with Gasteiger partial charge in [-0.3, -0.25) is 0 Å². The normalized spacial score (nSPS) is 13.0. The largest absolute Gasteiger partial charge is 0.327 e. The van der Waals surface area contributed by atoms with Crippen LogP contribution in [0.3, 0.4) is 0 Å². The zero-order valence-electron chi connectivity index (χ0n) is 5.96. The van der Waals surface area contributed by atoms with Crippen molar-refractivity contribution in [2.24, 2.45) is 5.73 Å². The number of rotatable bonds is 2. The second-order valence-electron chi connectivity index (χ2n) is 2.45. The molecule has 0 unspecified atom stereocenters. The first-order chi connectivity index (χ1) is 4.79. The van der Waals surface area contributed by atoms with E-state index in [1.54, 1.807) is 0 Å². The third-order valence-electron chi connectivity index (χ3n) is 1.34. The highest BCUT2D eigenvalue weighted by molar-refractivity contribution is 5.15. The Hall–Kier alpha value is -0.820. The van der Waals surface area contributed by atoms with Gasteiger partial charge in [-0.15, -0.1) is 0 Å². The van der Waals surface area contributed by atoms with E-state index in [-0.39, 0.29) is 6.04 Å². The van der Waals surface area contributed by atoms with Crippen molar-refractivity contribution in [3.8, 4) is 0 Å². The molecule has 0 aliphatic carbocycles. The molecule has 0 aliphatic rings. The zero-order chi connectivity index (χ0) is 7.40. The smallest absolute Gasteiger partial charge is 0.00799 e. The van der Waals surface area contributed by atoms with E-state index < -0.39 is 0 Å². The van der Waals surface area contributed by atoms with Crippen LogP contribution in [0, 0.1) is 6.92 Å². The van der Waals surface area contributed by atoms with Crippen molar-refractivity contribution < 1.29 is 0 Å². The molecule has 0 heterocycles. The maximum Gasteiger partial charge on any atom is 0.00799 e. The molecule has 0 fully saturated rings. The van der Waals surface area contributed by atoms with Gasteiger partial charge in [0.25, 0.3) is 0 Å². The number of nitrogens with two attached hydrogens (primary N) is 1. The fourth-order valence-electron chi connectivity index (χ4n) is 0.917. The molecule has 0 bridgehead atoms. The van der Waals surface area contributed by atoms with Crippen molar-refractivity contribution in [1.82, 2.24) is 0 Å². The Morgan fingerprint density at radius 3 is 2.40 bits per heavy atom. The van der Waals surface area contributed by atoms with Crippen LogP contribution < -0.4 is 5.73 Å². The van der Waals surface area contributed by atoms with Gasteiger partial charge >= 0.3 is 0 Å². The van der Waals surface area contributed by atoms with Crippen LogP contribution in [0.1, 0.15) is 5.56 Å². The summed E-state index contributed by atoms with van der Waals surface area (Å²) in [7, 11) is 0. The maximum absolute atomic E-state index is 5.51. The Morgan fingerprint density at radius 1 is 1.30 bits per heavy atom. The van der Waals surface area contributed by atoms with E-state index in [2.05, 4.69) is 19.1 Å². The number of hydrogen-bond acceptors (Lipinski definition) is 1. The topological polar surface area (TPSA) is 26.0 Å². The van der Waals surface area contributed by atoms with E-state index in [1.165, 1.54) is 5.56 Å². The van der Waals surface area contributed by atoms with Crippen LogP contribution in [0.4, 0.5) is 0 Å². The summed E-state index contributed by atoms with van der Waals surface area (Å²) in [6.07, 6.45) is 0.862. The van der Waals surface area contributed by atoms with E-state index in [4.69, 9.17) is 5.73 Å². The van der Waals surface area contributed by atoms with Gasteiger partial charge < -0.3 is 5.73 Å². The van der Waals surface area contributed by atoms with Crippen molar-refractivity contribution in [2.45, 2.75) is 12.5 Å². The Balaban J connectivity index is 2.59. The average molecular weight is 134 g/mol. The predicted octanol–water partition coefficient (Wildman–Crippen LogP) is 1.39. The molecule has 0 saturated carbocycles. The van der Waals surface area contributed by atoms with Gasteiger partial charge in [0, 0.05) is 6.04 Å². The van der Waals surface area contributed by atoms with Crippen molar-refractivity contribution in [3.63, 3.8) is 0 Å². The first-order valence-corrected chi connectivity index (χ1v) is 3.41. The molecule has 1 aromatic carbocycles. The highest BCUT2D eigenvalue weighted by atomic mass is 14.6. The van der Waals surface area contributed by atoms with Gasteiger partial charge in [-0.2, -0.15) is 0 Å². The highest BCUT2D eigenvalue weighted by Gasteiger charge is 1.94. The summed E-state index contributed by atoms with van der Waals surface area (Å²) in [6, 6.07) is 10.2. The van der Waals surface area contributed by atoms with E-state index in [1.807, 2.05) is 18.2 Å². The van der Waals surface area contributed by atoms with E-state index in [0.29, 0.717) is 0 Å². The molecule has 1 rings (SSSR count). The molecule has 10 heavy (non-hydrogen) atoms. The van der Waals surface area contributed by atoms with Gasteiger partial charge in [0.15, 0.2) is 0 Å². The van der Waals surface area contributed by atoms with Crippen molar-refractivity contribution in [2.75, 3.05) is 0 Å². The first-order valence-electron chi connectivity index (χ1n) is 3.41. The predicted molar refractivity (Wildman–Crippen MR) is 43.5 cm³/mol. The van der Waals surface area contributed by atoms with Gasteiger partial charge in [-0.1, -0.05) is 30.3 Å². The SMILES string of the molecule is [CH2][C@@H](N)Cc1ccccc1. The third-order valence-corrected chi connectivity index (χ3v) is 1.34. The summed E-state index contributed by atoms with van der Waals surface area (Å²) in [4.78, 5) is 0. The van der Waals surface area contributed by atoms with Gasteiger partial charge in [0.2, 0.25) is 0 Å². The van der Waals surface area contributed by atoms with Crippen molar-refractivity contribution >= 4 is 0 Å². The van der Waals surface area contributed by atoms with Crippen LogP contribution in [0.25, 0.3) is 0 Å². The molecule has 1 heteroatoms. The molecule has 1 radical (unpaired) electrons. The summed E-state index contributed by atoms with van der Waals surface area (Å²) < 4.78 is 0. The molecular formula is C9H12N. The lowest BCUT2D eigenvalue weighted by Crippen LogP contribution is -2.17. The summed E-state index contributed by atoms with van der Waals surface area (Å²) in [5.74, 6) is 0. The van der Waals surface area contributed by atoms with Crippen LogP contribution in [0.15, 0.2) is 30.3 Å². The fraction of sp³-hybridized carbons (Fsp3) is 0.222. The van der Waals surface area contributed by atoms with E-state index >= 15 is 0 Å². The van der Waals surface area contributed by atoms with Gasteiger partial charge in [-0.25, -0.2) is 0 Å². The second kappa shape index (κ2) is 3.37. The average Bonchev–Trinajstić information content (AvgIpc) is 1.88. The summed E-state index contributed by atoms with van der Waals surface area (Å²) in [5, 5.41) is 0. The Morgan fingerprint density at radius 2 is 1.90 bits per heavy atom. The summed E-state index contributed by atoms with van der Waals surface area (Å²) in [5.41, 5.74) is 6.77. The molecule has 2 N–H and O–H groups in total. The minimum absolute atomic E-state index is 0.0161. The van der Waals surface area contributed by atoms with E-state index in [0.717, 1.165) is 6.42 Å². The molecule has 0 amide bonds. The molecule has 0 spiro atoms. The van der Waals surface area contributed by atoms with Crippen molar-refractivity contribution in [1.29, 1.82) is 0 Å². The van der Waals surface area contributed by atoms with Crippen LogP contribution in [0.5, 0.6) is 0 Å². The molecule has 0 saturated heterocycles.